The van der Waals surface area contributed by atoms with Gasteiger partial charge < -0.3 is 15.2 Å². The molecule has 6 nitrogen and oxygen atoms in total. The number of carbonyl (C=O) groups is 3. The molecular formula is C8H12ClNO5. The molecule has 0 aromatic heterocycles. The highest BCUT2D eigenvalue weighted by Gasteiger charge is 2.30. The van der Waals surface area contributed by atoms with Crippen LogP contribution in [-0.4, -0.2) is 41.0 Å². The lowest BCUT2D eigenvalue weighted by molar-refractivity contribution is -0.156. The largest absolute Gasteiger partial charge is 0.479 e. The van der Waals surface area contributed by atoms with Crippen LogP contribution >= 0.6 is 11.6 Å². The molecule has 0 aromatic carbocycles. The molecule has 2 unspecified atom stereocenters. The second-order valence-corrected chi connectivity index (χ2v) is 3.30. The number of carbonyl (C=O) groups excluding carboxylic acids is 2. The number of carboxylic acid groups (broad SMARTS) is 1. The fraction of sp³-hybridized carbons (Fsp3) is 0.625. The number of aliphatic carboxylic acids is 1. The van der Waals surface area contributed by atoms with Gasteiger partial charge >= 0.3 is 11.9 Å². The summed E-state index contributed by atoms with van der Waals surface area (Å²) < 4.78 is 4.47. The number of ether oxygens (including phenoxy) is 1. The van der Waals surface area contributed by atoms with Gasteiger partial charge in [-0.05, 0) is 13.8 Å². The second-order valence-electron chi connectivity index (χ2n) is 2.65. The van der Waals surface area contributed by atoms with E-state index in [0.29, 0.717) is 0 Å². The fourth-order valence-electron chi connectivity index (χ4n) is 0.704. The summed E-state index contributed by atoms with van der Waals surface area (Å²) in [5.41, 5.74) is 0. The zero-order chi connectivity index (χ0) is 12.0. The topological polar surface area (TPSA) is 92.7 Å². The predicted molar refractivity (Wildman–Crippen MR) is 51.5 cm³/mol. The van der Waals surface area contributed by atoms with Crippen molar-refractivity contribution in [1.29, 1.82) is 0 Å². The van der Waals surface area contributed by atoms with Crippen molar-refractivity contribution in [3.05, 3.63) is 0 Å². The summed E-state index contributed by atoms with van der Waals surface area (Å²) in [4.78, 5) is 32.7. The van der Waals surface area contributed by atoms with Gasteiger partial charge in [-0.1, -0.05) is 0 Å². The zero-order valence-corrected chi connectivity index (χ0v) is 9.08. The first-order valence-corrected chi connectivity index (χ1v) is 4.67. The monoisotopic (exact) mass is 237 g/mol. The number of rotatable bonds is 5. The van der Waals surface area contributed by atoms with Crippen molar-refractivity contribution in [2.45, 2.75) is 25.3 Å². The number of nitrogens with one attached hydrogen (secondary N) is 1. The van der Waals surface area contributed by atoms with Gasteiger partial charge in [0.1, 0.15) is 5.38 Å². The van der Waals surface area contributed by atoms with Crippen molar-refractivity contribution in [3.8, 4) is 0 Å². The second kappa shape index (κ2) is 6.23. The van der Waals surface area contributed by atoms with Gasteiger partial charge in [0.2, 0.25) is 11.9 Å². The lowest BCUT2D eigenvalue weighted by Crippen LogP contribution is -2.49. The first kappa shape index (κ1) is 13.7. The van der Waals surface area contributed by atoms with Crippen LogP contribution in [0.1, 0.15) is 13.8 Å². The smallest absolute Gasteiger partial charge is 0.340 e. The van der Waals surface area contributed by atoms with Crippen molar-refractivity contribution in [2.24, 2.45) is 0 Å². The van der Waals surface area contributed by atoms with Gasteiger partial charge in [-0.15, -0.1) is 11.6 Å². The van der Waals surface area contributed by atoms with E-state index in [2.05, 4.69) is 4.74 Å². The molecule has 0 aliphatic rings. The molecule has 0 saturated heterocycles. The van der Waals surface area contributed by atoms with E-state index in [9.17, 15) is 14.4 Å². The maximum atomic E-state index is 11.1. The van der Waals surface area contributed by atoms with Crippen molar-refractivity contribution >= 4 is 29.4 Å². The number of halogens is 1. The van der Waals surface area contributed by atoms with Crippen LogP contribution in [0.2, 0.25) is 0 Å². The SMILES string of the molecule is CCOC(=O)C(NC(=O)C(C)Cl)C(=O)O. The molecule has 0 rings (SSSR count). The molecule has 0 fully saturated rings. The molecule has 0 spiro atoms. The van der Waals surface area contributed by atoms with Crippen LogP contribution in [0, 0.1) is 0 Å². The van der Waals surface area contributed by atoms with E-state index in [4.69, 9.17) is 16.7 Å². The molecule has 0 heterocycles. The van der Waals surface area contributed by atoms with Crippen LogP contribution in [0.15, 0.2) is 0 Å². The summed E-state index contributed by atoms with van der Waals surface area (Å²) in [6.45, 7) is 2.93. The van der Waals surface area contributed by atoms with Gasteiger partial charge in [-0.2, -0.15) is 0 Å². The van der Waals surface area contributed by atoms with E-state index in [0.717, 1.165) is 0 Å². The molecule has 0 aromatic rings. The Labute approximate surface area is 91.5 Å². The highest BCUT2D eigenvalue weighted by atomic mass is 35.5. The third kappa shape index (κ3) is 4.64. The quantitative estimate of drug-likeness (QED) is 0.391. The Balaban J connectivity index is 4.48. The van der Waals surface area contributed by atoms with Crippen LogP contribution in [-0.2, 0) is 19.1 Å². The van der Waals surface area contributed by atoms with Crippen LogP contribution in [0.25, 0.3) is 0 Å². The molecule has 0 bridgehead atoms. The molecule has 0 aliphatic carbocycles. The van der Waals surface area contributed by atoms with E-state index in [1.54, 1.807) is 0 Å². The minimum atomic E-state index is -1.71. The summed E-state index contributed by atoms with van der Waals surface area (Å²) >= 11 is 5.40. The number of carboxylic acids is 1. The molecule has 1 amide bonds. The van der Waals surface area contributed by atoms with Gasteiger partial charge in [0.15, 0.2) is 0 Å². The number of alkyl halides is 1. The lowest BCUT2D eigenvalue weighted by Gasteiger charge is -2.13. The highest BCUT2D eigenvalue weighted by Crippen LogP contribution is 1.96. The Bertz CT molecular complexity index is 266. The number of amides is 1. The fourth-order valence-corrected chi connectivity index (χ4v) is 0.767. The molecule has 7 heteroatoms. The number of hydrogen-bond donors (Lipinski definition) is 2. The van der Waals surface area contributed by atoms with E-state index < -0.39 is 29.3 Å². The standard InChI is InChI=1S/C8H12ClNO5/c1-3-15-8(14)5(7(12)13)10-6(11)4(2)9/h4-5H,3H2,1-2H3,(H,10,11)(H,12,13). The Morgan fingerprint density at radius 3 is 2.33 bits per heavy atom. The predicted octanol–water partition coefficient (Wildman–Crippen LogP) is -0.254. The third-order valence-electron chi connectivity index (χ3n) is 1.42. The first-order valence-electron chi connectivity index (χ1n) is 4.24. The molecule has 2 atom stereocenters. The molecule has 15 heavy (non-hydrogen) atoms. The van der Waals surface area contributed by atoms with Crippen molar-refractivity contribution < 1.29 is 24.2 Å². The van der Waals surface area contributed by atoms with E-state index in [1.165, 1.54) is 13.8 Å². The van der Waals surface area contributed by atoms with Crippen LogP contribution in [0.4, 0.5) is 0 Å². The summed E-state index contributed by atoms with van der Waals surface area (Å²) in [6, 6.07) is -1.71. The van der Waals surface area contributed by atoms with Gasteiger partial charge in [0.25, 0.3) is 0 Å². The molecule has 0 aliphatic heterocycles. The minimum absolute atomic E-state index is 0.0366. The third-order valence-corrected chi connectivity index (χ3v) is 1.62. The van der Waals surface area contributed by atoms with Crippen LogP contribution < -0.4 is 5.32 Å². The normalized spacial score (nSPS) is 13.8. The summed E-state index contributed by atoms with van der Waals surface area (Å²) in [6.07, 6.45) is 0. The van der Waals surface area contributed by atoms with E-state index in [-0.39, 0.29) is 6.61 Å². The molecule has 0 saturated carbocycles. The maximum absolute atomic E-state index is 11.1. The van der Waals surface area contributed by atoms with Crippen molar-refractivity contribution in [2.75, 3.05) is 6.61 Å². The average Bonchev–Trinajstić information content (AvgIpc) is 2.13. The van der Waals surface area contributed by atoms with E-state index in [1.807, 2.05) is 5.32 Å². The molecule has 2 N–H and O–H groups in total. The first-order chi connectivity index (χ1) is 6.90. The van der Waals surface area contributed by atoms with Crippen molar-refractivity contribution in [3.63, 3.8) is 0 Å². The lowest BCUT2D eigenvalue weighted by atomic mass is 10.3. The van der Waals surface area contributed by atoms with Gasteiger partial charge in [0.05, 0.1) is 6.61 Å². The number of hydrogen-bond acceptors (Lipinski definition) is 4. The van der Waals surface area contributed by atoms with Crippen LogP contribution in [0.5, 0.6) is 0 Å². The Morgan fingerprint density at radius 2 is 2.00 bits per heavy atom. The summed E-state index contributed by atoms with van der Waals surface area (Å²) in [5, 5.41) is 9.68. The van der Waals surface area contributed by atoms with Gasteiger partial charge in [-0.3, -0.25) is 4.79 Å². The number of esters is 1. The maximum Gasteiger partial charge on any atom is 0.340 e. The summed E-state index contributed by atoms with van der Waals surface area (Å²) in [7, 11) is 0. The van der Waals surface area contributed by atoms with Gasteiger partial charge in [0, 0.05) is 0 Å². The Kier molecular flexibility index (Phi) is 5.69. The molecular weight excluding hydrogens is 226 g/mol. The molecule has 86 valence electrons. The van der Waals surface area contributed by atoms with E-state index >= 15 is 0 Å². The Hall–Kier alpha value is -1.30. The van der Waals surface area contributed by atoms with Crippen molar-refractivity contribution in [1.82, 2.24) is 5.32 Å². The summed E-state index contributed by atoms with van der Waals surface area (Å²) in [5.74, 6) is -3.24. The average molecular weight is 238 g/mol. The van der Waals surface area contributed by atoms with Crippen LogP contribution in [0.3, 0.4) is 0 Å². The highest BCUT2D eigenvalue weighted by molar-refractivity contribution is 6.30. The molecule has 0 radical (unpaired) electrons. The Morgan fingerprint density at radius 1 is 1.47 bits per heavy atom. The zero-order valence-electron chi connectivity index (χ0n) is 8.32. The van der Waals surface area contributed by atoms with Gasteiger partial charge in [-0.25, -0.2) is 9.59 Å². The minimum Gasteiger partial charge on any atom is -0.479 e.